The van der Waals surface area contributed by atoms with Crippen LogP contribution in [0, 0.1) is 5.92 Å². The summed E-state index contributed by atoms with van der Waals surface area (Å²) in [6.45, 7) is 4.18. The Morgan fingerprint density at radius 1 is 0.917 bits per heavy atom. The van der Waals surface area contributed by atoms with E-state index < -0.39 is 0 Å². The monoisotopic (exact) mass is 327 g/mol. The molecule has 2 heterocycles. The van der Waals surface area contributed by atoms with Crippen molar-refractivity contribution in [1.82, 2.24) is 14.7 Å². The van der Waals surface area contributed by atoms with Gasteiger partial charge < -0.3 is 4.90 Å². The predicted molar refractivity (Wildman–Crippen MR) is 87.6 cm³/mol. The molecule has 6 heteroatoms. The van der Waals surface area contributed by atoms with Crippen LogP contribution in [-0.4, -0.2) is 71.7 Å². The van der Waals surface area contributed by atoms with Gasteiger partial charge >= 0.3 is 0 Å². The zero-order valence-electron chi connectivity index (χ0n) is 13.6. The molecule has 0 spiro atoms. The first-order valence-corrected chi connectivity index (χ1v) is 8.61. The van der Waals surface area contributed by atoms with Crippen LogP contribution in [0.1, 0.15) is 33.6 Å². The van der Waals surface area contributed by atoms with E-state index >= 15 is 0 Å². The Morgan fingerprint density at radius 2 is 1.50 bits per heavy atom. The van der Waals surface area contributed by atoms with Gasteiger partial charge in [-0.3, -0.25) is 24.2 Å². The van der Waals surface area contributed by atoms with E-state index in [1.807, 2.05) is 4.90 Å². The molecule has 1 saturated heterocycles. The molecular formula is C18H21N3O3. The third-order valence-electron chi connectivity index (χ3n) is 5.13. The number of hydrogen-bond acceptors (Lipinski definition) is 4. The minimum atomic E-state index is -0.196. The molecule has 1 aliphatic carbocycles. The minimum absolute atomic E-state index is 0.196. The van der Waals surface area contributed by atoms with Gasteiger partial charge in [0.15, 0.2) is 0 Å². The van der Waals surface area contributed by atoms with Crippen molar-refractivity contribution >= 4 is 17.7 Å². The van der Waals surface area contributed by atoms with Gasteiger partial charge in [-0.2, -0.15) is 0 Å². The summed E-state index contributed by atoms with van der Waals surface area (Å²) < 4.78 is 0. The van der Waals surface area contributed by atoms with E-state index in [1.165, 1.54) is 4.90 Å². The average molecular weight is 327 g/mol. The zero-order valence-corrected chi connectivity index (χ0v) is 13.6. The Morgan fingerprint density at radius 3 is 2.04 bits per heavy atom. The SMILES string of the molecule is O=C(C1CC1)N1CCN(CCN2C(=O)c3ccccc3C2=O)CC1. The standard InChI is InChI=1S/C18H21N3O3/c22-16(13-5-6-13)20-10-7-19(8-11-20)9-12-21-17(23)14-3-1-2-4-15(14)18(21)24/h1-4,13H,5-12H2. The third kappa shape index (κ3) is 2.71. The van der Waals surface area contributed by atoms with E-state index in [0.29, 0.717) is 30.1 Å². The number of benzene rings is 1. The fraction of sp³-hybridized carbons (Fsp3) is 0.500. The van der Waals surface area contributed by atoms with Gasteiger partial charge in [-0.25, -0.2) is 0 Å². The van der Waals surface area contributed by atoms with Crippen molar-refractivity contribution in [3.8, 4) is 0 Å². The maximum absolute atomic E-state index is 12.3. The van der Waals surface area contributed by atoms with Crippen molar-refractivity contribution in [2.24, 2.45) is 5.92 Å². The second-order valence-corrected chi connectivity index (χ2v) is 6.75. The summed E-state index contributed by atoms with van der Waals surface area (Å²) in [5.74, 6) is 0.182. The zero-order chi connectivity index (χ0) is 16.7. The molecule has 0 N–H and O–H groups in total. The lowest BCUT2D eigenvalue weighted by Gasteiger charge is -2.35. The number of carbonyl (C=O) groups excluding carboxylic acids is 3. The van der Waals surface area contributed by atoms with E-state index in [0.717, 1.165) is 39.0 Å². The lowest BCUT2D eigenvalue weighted by atomic mass is 10.1. The van der Waals surface area contributed by atoms with Crippen molar-refractivity contribution < 1.29 is 14.4 Å². The van der Waals surface area contributed by atoms with Gasteiger partial charge in [-0.05, 0) is 25.0 Å². The van der Waals surface area contributed by atoms with Crippen molar-refractivity contribution in [2.45, 2.75) is 12.8 Å². The van der Waals surface area contributed by atoms with Crippen LogP contribution >= 0.6 is 0 Å². The van der Waals surface area contributed by atoms with Gasteiger partial charge in [0.05, 0.1) is 11.1 Å². The highest BCUT2D eigenvalue weighted by Gasteiger charge is 2.36. The number of nitrogens with zero attached hydrogens (tertiary/aromatic N) is 3. The summed E-state index contributed by atoms with van der Waals surface area (Å²) in [6, 6.07) is 6.98. The molecule has 1 aromatic carbocycles. The molecule has 3 aliphatic rings. The number of amides is 3. The van der Waals surface area contributed by atoms with Gasteiger partial charge in [0.2, 0.25) is 5.91 Å². The van der Waals surface area contributed by atoms with Crippen molar-refractivity contribution in [2.75, 3.05) is 39.3 Å². The second kappa shape index (κ2) is 6.02. The van der Waals surface area contributed by atoms with Crippen molar-refractivity contribution in [1.29, 1.82) is 0 Å². The number of fused-ring (bicyclic) bond motifs is 1. The third-order valence-corrected chi connectivity index (χ3v) is 5.13. The molecule has 3 amide bonds. The van der Waals surface area contributed by atoms with E-state index in [1.54, 1.807) is 24.3 Å². The summed E-state index contributed by atoms with van der Waals surface area (Å²) >= 11 is 0. The van der Waals surface area contributed by atoms with Crippen LogP contribution in [0.2, 0.25) is 0 Å². The molecule has 2 aliphatic heterocycles. The van der Waals surface area contributed by atoms with Crippen LogP contribution in [0.3, 0.4) is 0 Å². The lowest BCUT2D eigenvalue weighted by Crippen LogP contribution is -2.51. The van der Waals surface area contributed by atoms with Crippen LogP contribution in [0.15, 0.2) is 24.3 Å². The first-order chi connectivity index (χ1) is 11.6. The molecule has 0 bridgehead atoms. The molecule has 2 fully saturated rings. The number of piperazine rings is 1. The first-order valence-electron chi connectivity index (χ1n) is 8.61. The number of carbonyl (C=O) groups is 3. The maximum atomic E-state index is 12.3. The molecule has 0 atom stereocenters. The van der Waals surface area contributed by atoms with Crippen LogP contribution in [0.5, 0.6) is 0 Å². The Labute approximate surface area is 141 Å². The summed E-state index contributed by atoms with van der Waals surface area (Å²) in [6.07, 6.45) is 2.08. The molecule has 1 saturated carbocycles. The lowest BCUT2D eigenvalue weighted by molar-refractivity contribution is -0.134. The first kappa shape index (κ1) is 15.3. The average Bonchev–Trinajstić information content (AvgIpc) is 3.43. The number of rotatable bonds is 4. The molecule has 1 aromatic rings. The molecule has 24 heavy (non-hydrogen) atoms. The quantitative estimate of drug-likeness (QED) is 0.769. The molecule has 0 radical (unpaired) electrons. The second-order valence-electron chi connectivity index (χ2n) is 6.75. The summed E-state index contributed by atoms with van der Waals surface area (Å²) in [5, 5.41) is 0. The number of imide groups is 1. The molecular weight excluding hydrogens is 306 g/mol. The smallest absolute Gasteiger partial charge is 0.261 e. The van der Waals surface area contributed by atoms with Gasteiger partial charge in [0, 0.05) is 45.2 Å². The van der Waals surface area contributed by atoms with Gasteiger partial charge in [-0.15, -0.1) is 0 Å². The topological polar surface area (TPSA) is 60.9 Å². The van der Waals surface area contributed by atoms with Gasteiger partial charge in [0.1, 0.15) is 0 Å². The highest BCUT2D eigenvalue weighted by Crippen LogP contribution is 2.31. The predicted octanol–water partition coefficient (Wildman–Crippen LogP) is 0.837. The van der Waals surface area contributed by atoms with Crippen molar-refractivity contribution in [3.05, 3.63) is 35.4 Å². The fourth-order valence-electron chi connectivity index (χ4n) is 3.46. The van der Waals surface area contributed by atoms with Crippen LogP contribution < -0.4 is 0 Å². The Kier molecular flexibility index (Phi) is 3.84. The number of hydrogen-bond donors (Lipinski definition) is 0. The minimum Gasteiger partial charge on any atom is -0.340 e. The van der Waals surface area contributed by atoms with Crippen molar-refractivity contribution in [3.63, 3.8) is 0 Å². The Hall–Kier alpha value is -2.21. The van der Waals surface area contributed by atoms with Crippen LogP contribution in [0.4, 0.5) is 0 Å². The van der Waals surface area contributed by atoms with E-state index in [2.05, 4.69) is 4.90 Å². The Bertz CT molecular complexity index is 656. The maximum Gasteiger partial charge on any atom is 0.261 e. The summed E-state index contributed by atoms with van der Waals surface area (Å²) in [4.78, 5) is 42.2. The highest BCUT2D eigenvalue weighted by atomic mass is 16.2. The van der Waals surface area contributed by atoms with E-state index in [4.69, 9.17) is 0 Å². The fourth-order valence-corrected chi connectivity index (χ4v) is 3.46. The molecule has 6 nitrogen and oxygen atoms in total. The van der Waals surface area contributed by atoms with Gasteiger partial charge in [0.25, 0.3) is 11.8 Å². The van der Waals surface area contributed by atoms with Crippen LogP contribution in [0.25, 0.3) is 0 Å². The largest absolute Gasteiger partial charge is 0.340 e. The molecule has 0 aromatic heterocycles. The summed E-state index contributed by atoms with van der Waals surface area (Å²) in [5.41, 5.74) is 1.00. The van der Waals surface area contributed by atoms with E-state index in [-0.39, 0.29) is 17.7 Å². The molecule has 0 unspecified atom stereocenters. The molecule has 126 valence electrons. The van der Waals surface area contributed by atoms with Crippen LogP contribution in [-0.2, 0) is 4.79 Å². The molecule has 4 rings (SSSR count). The normalized spacial score (nSPS) is 21.3. The van der Waals surface area contributed by atoms with E-state index in [9.17, 15) is 14.4 Å². The highest BCUT2D eigenvalue weighted by molar-refractivity contribution is 6.21. The summed E-state index contributed by atoms with van der Waals surface area (Å²) in [7, 11) is 0. The Balaban J connectivity index is 1.30. The van der Waals surface area contributed by atoms with Gasteiger partial charge in [-0.1, -0.05) is 12.1 Å².